The maximum Gasteiger partial charge on any atom is 0.00826 e. The Labute approximate surface area is 213 Å². The lowest BCUT2D eigenvalue weighted by molar-refractivity contribution is 0.281. The fraction of sp³-hybridized carbons (Fsp3) is 0.429. The third kappa shape index (κ3) is 4.90. The zero-order chi connectivity index (χ0) is 24.7. The van der Waals surface area contributed by atoms with E-state index in [1.807, 2.05) is 0 Å². The molecule has 5 rings (SSSR count). The van der Waals surface area contributed by atoms with E-state index < -0.39 is 0 Å². The molecule has 3 aliphatic carbocycles. The first-order valence-electron chi connectivity index (χ1n) is 13.8. The molecule has 3 aliphatic rings. The van der Waals surface area contributed by atoms with Crippen LogP contribution >= 0.6 is 0 Å². The van der Waals surface area contributed by atoms with Gasteiger partial charge in [-0.2, -0.15) is 0 Å². The van der Waals surface area contributed by atoms with E-state index in [9.17, 15) is 0 Å². The summed E-state index contributed by atoms with van der Waals surface area (Å²) in [5.41, 5.74) is 14.3. The van der Waals surface area contributed by atoms with Crippen LogP contribution in [0.2, 0.25) is 0 Å². The van der Waals surface area contributed by atoms with E-state index in [2.05, 4.69) is 89.4 Å². The van der Waals surface area contributed by atoms with Crippen LogP contribution in [0, 0.1) is 37.5 Å². The molecular weight excluding hydrogens is 420 g/mol. The first kappa shape index (κ1) is 24.1. The molecule has 2 aromatic carbocycles. The molecular formula is C35H42. The monoisotopic (exact) mass is 462 g/mol. The van der Waals surface area contributed by atoms with Crippen LogP contribution in [-0.4, -0.2) is 0 Å². The van der Waals surface area contributed by atoms with Crippen LogP contribution in [0.3, 0.4) is 0 Å². The topological polar surface area (TPSA) is 0 Å². The Hall–Kier alpha value is -2.60. The lowest BCUT2D eigenvalue weighted by atomic mass is 9.76. The number of fused-ring (bicyclic) bond motifs is 1. The summed E-state index contributed by atoms with van der Waals surface area (Å²) in [6.45, 7) is 18.1. The van der Waals surface area contributed by atoms with E-state index in [-0.39, 0.29) is 0 Å². The van der Waals surface area contributed by atoms with Gasteiger partial charge in [0.15, 0.2) is 0 Å². The molecule has 0 heteroatoms. The second-order valence-electron chi connectivity index (χ2n) is 11.9. The first-order valence-corrected chi connectivity index (χ1v) is 13.8. The molecule has 4 atom stereocenters. The Bertz CT molecular complexity index is 1220. The van der Waals surface area contributed by atoms with Crippen molar-refractivity contribution in [1.82, 2.24) is 0 Å². The summed E-state index contributed by atoms with van der Waals surface area (Å²) in [6.07, 6.45) is 15.8. The number of hydrogen-bond donors (Lipinski definition) is 0. The first-order chi connectivity index (χ1) is 16.8. The Morgan fingerprint density at radius 2 is 1.80 bits per heavy atom. The third-order valence-corrected chi connectivity index (χ3v) is 8.97. The highest BCUT2D eigenvalue weighted by Crippen LogP contribution is 2.43. The molecule has 1 saturated carbocycles. The van der Waals surface area contributed by atoms with Crippen molar-refractivity contribution in [2.75, 3.05) is 0 Å². The van der Waals surface area contributed by atoms with E-state index in [1.54, 1.807) is 5.56 Å². The summed E-state index contributed by atoms with van der Waals surface area (Å²) in [5, 5.41) is 0. The molecule has 0 aromatic heterocycles. The average Bonchev–Trinajstić information content (AvgIpc) is 3.24. The molecule has 0 radical (unpaired) electrons. The average molecular weight is 463 g/mol. The molecule has 0 N–H and O–H groups in total. The number of allylic oxidation sites excluding steroid dienone is 5. The predicted molar refractivity (Wildman–Crippen MR) is 153 cm³/mol. The third-order valence-electron chi connectivity index (χ3n) is 8.97. The van der Waals surface area contributed by atoms with E-state index in [0.717, 1.165) is 24.7 Å². The SMILES string of the molecule is C=C1C=CC(C)C(=C)C1CC1=Cc2cccc(-c3cc(C)cc(C)c3CC3CCC[C@@H](C)C3)c2C1. The minimum absolute atomic E-state index is 0.365. The summed E-state index contributed by atoms with van der Waals surface area (Å²) < 4.78 is 0. The fourth-order valence-electron chi connectivity index (χ4n) is 6.95. The van der Waals surface area contributed by atoms with Gasteiger partial charge in [-0.05, 0) is 96.2 Å². The highest BCUT2D eigenvalue weighted by molar-refractivity contribution is 5.80. The summed E-state index contributed by atoms with van der Waals surface area (Å²) in [5.74, 6) is 2.50. The Kier molecular flexibility index (Phi) is 6.75. The predicted octanol–water partition coefficient (Wildman–Crippen LogP) is 9.60. The van der Waals surface area contributed by atoms with Crippen LogP contribution in [0.1, 0.15) is 73.8 Å². The number of rotatable bonds is 5. The van der Waals surface area contributed by atoms with Crippen LogP contribution < -0.4 is 0 Å². The van der Waals surface area contributed by atoms with Gasteiger partial charge in [0.2, 0.25) is 0 Å². The smallest absolute Gasteiger partial charge is 0.00826 e. The fourth-order valence-corrected chi connectivity index (χ4v) is 6.95. The van der Waals surface area contributed by atoms with Crippen LogP contribution in [-0.2, 0) is 12.8 Å². The lowest BCUT2D eigenvalue weighted by Gasteiger charge is -2.29. The largest absolute Gasteiger partial charge is 0.0986 e. The zero-order valence-electron chi connectivity index (χ0n) is 22.3. The number of benzene rings is 2. The van der Waals surface area contributed by atoms with Gasteiger partial charge in [0, 0.05) is 5.92 Å². The molecule has 0 amide bonds. The Balaban J connectivity index is 1.45. The highest BCUT2D eigenvalue weighted by atomic mass is 14.3. The molecule has 3 unspecified atom stereocenters. The van der Waals surface area contributed by atoms with Gasteiger partial charge in [-0.15, -0.1) is 0 Å². The summed E-state index contributed by atoms with van der Waals surface area (Å²) >= 11 is 0. The van der Waals surface area contributed by atoms with Crippen molar-refractivity contribution in [1.29, 1.82) is 0 Å². The molecule has 0 nitrogen and oxygen atoms in total. The molecule has 0 saturated heterocycles. The van der Waals surface area contributed by atoms with Crippen molar-refractivity contribution < 1.29 is 0 Å². The standard InChI is InChI=1S/C35H42/c1-22-9-7-10-28(16-22)19-33-26(5)15-23(2)17-35(33)31-12-8-11-30-18-29(21-34(30)31)20-32-25(4)14-13-24(3)27(32)6/h8,11-15,17-18,22,24,28,32H,4,6-7,9-10,16,19-21H2,1-3,5H3/t22-,24?,28?,32?/m1/s1. The number of aryl methyl sites for hydroxylation is 2. The van der Waals surface area contributed by atoms with E-state index in [1.165, 1.54) is 82.2 Å². The molecule has 0 heterocycles. The summed E-state index contributed by atoms with van der Waals surface area (Å²) in [4.78, 5) is 0. The molecule has 0 spiro atoms. The molecule has 182 valence electrons. The van der Waals surface area contributed by atoms with Crippen LogP contribution in [0.4, 0.5) is 0 Å². The van der Waals surface area contributed by atoms with E-state index >= 15 is 0 Å². The van der Waals surface area contributed by atoms with Crippen molar-refractivity contribution in [3.8, 4) is 11.1 Å². The highest BCUT2D eigenvalue weighted by Gasteiger charge is 2.27. The molecule has 35 heavy (non-hydrogen) atoms. The van der Waals surface area contributed by atoms with Crippen molar-refractivity contribution >= 4 is 6.08 Å². The quantitative estimate of drug-likeness (QED) is 0.388. The van der Waals surface area contributed by atoms with Crippen molar-refractivity contribution in [2.45, 2.75) is 72.6 Å². The lowest BCUT2D eigenvalue weighted by Crippen LogP contribution is -2.16. The van der Waals surface area contributed by atoms with Crippen molar-refractivity contribution in [3.63, 3.8) is 0 Å². The molecule has 1 fully saturated rings. The zero-order valence-corrected chi connectivity index (χ0v) is 22.3. The van der Waals surface area contributed by atoms with Crippen LogP contribution in [0.25, 0.3) is 17.2 Å². The van der Waals surface area contributed by atoms with E-state index in [0.29, 0.717) is 11.8 Å². The summed E-state index contributed by atoms with van der Waals surface area (Å²) in [7, 11) is 0. The van der Waals surface area contributed by atoms with Gasteiger partial charge in [0.25, 0.3) is 0 Å². The minimum Gasteiger partial charge on any atom is -0.0986 e. The second kappa shape index (κ2) is 9.81. The second-order valence-corrected chi connectivity index (χ2v) is 11.9. The van der Waals surface area contributed by atoms with Gasteiger partial charge in [0.1, 0.15) is 0 Å². The molecule has 2 aromatic rings. The normalized spacial score (nSPS) is 26.1. The van der Waals surface area contributed by atoms with Gasteiger partial charge in [0.05, 0.1) is 0 Å². The maximum atomic E-state index is 4.44. The van der Waals surface area contributed by atoms with Gasteiger partial charge < -0.3 is 0 Å². The maximum absolute atomic E-state index is 4.44. The van der Waals surface area contributed by atoms with Crippen LogP contribution in [0.5, 0.6) is 0 Å². The van der Waals surface area contributed by atoms with E-state index in [4.69, 9.17) is 0 Å². The Morgan fingerprint density at radius 3 is 2.60 bits per heavy atom. The van der Waals surface area contributed by atoms with Crippen molar-refractivity contribution in [2.24, 2.45) is 23.7 Å². The Morgan fingerprint density at radius 1 is 0.971 bits per heavy atom. The van der Waals surface area contributed by atoms with Gasteiger partial charge in [-0.3, -0.25) is 0 Å². The molecule has 0 bridgehead atoms. The van der Waals surface area contributed by atoms with Crippen LogP contribution in [0.15, 0.2) is 72.4 Å². The molecule has 0 aliphatic heterocycles. The van der Waals surface area contributed by atoms with Gasteiger partial charge >= 0.3 is 0 Å². The van der Waals surface area contributed by atoms with Gasteiger partial charge in [-0.25, -0.2) is 0 Å². The summed E-state index contributed by atoms with van der Waals surface area (Å²) in [6, 6.07) is 11.8. The van der Waals surface area contributed by atoms with Gasteiger partial charge in [-0.1, -0.05) is 112 Å². The minimum atomic E-state index is 0.365. The van der Waals surface area contributed by atoms with Crippen molar-refractivity contribution in [3.05, 3.63) is 100 Å². The number of hydrogen-bond acceptors (Lipinski definition) is 0.